The summed E-state index contributed by atoms with van der Waals surface area (Å²) in [6, 6.07) is 5.05. The highest BCUT2D eigenvalue weighted by atomic mass is 35.5. The summed E-state index contributed by atoms with van der Waals surface area (Å²) in [6.07, 6.45) is 1.02. The van der Waals surface area contributed by atoms with Crippen molar-refractivity contribution in [3.8, 4) is 0 Å². The molecule has 9 heteroatoms. The number of hydrogen-bond donors (Lipinski definition) is 2. The quantitative estimate of drug-likeness (QED) is 0.627. The fourth-order valence-corrected chi connectivity index (χ4v) is 4.07. The molecule has 1 aromatic carbocycles. The molecular weight excluding hydrogens is 387 g/mol. The number of thioether (sulfide) groups is 1. The molecule has 2 N–H and O–H groups in total. The van der Waals surface area contributed by atoms with Crippen LogP contribution in [0.3, 0.4) is 0 Å². The highest BCUT2D eigenvalue weighted by Gasteiger charge is 2.14. The number of anilines is 1. The van der Waals surface area contributed by atoms with Gasteiger partial charge in [-0.15, -0.1) is 10.2 Å². The van der Waals surface area contributed by atoms with Crippen LogP contribution >= 0.6 is 46.3 Å². The van der Waals surface area contributed by atoms with Crippen LogP contribution < -0.4 is 10.6 Å². The van der Waals surface area contributed by atoms with Crippen LogP contribution in [0.1, 0.15) is 31.9 Å². The first-order valence-corrected chi connectivity index (χ1v) is 10.00. The highest BCUT2D eigenvalue weighted by Crippen LogP contribution is 2.27. The van der Waals surface area contributed by atoms with Crippen molar-refractivity contribution < 1.29 is 4.79 Å². The van der Waals surface area contributed by atoms with Gasteiger partial charge in [-0.1, -0.05) is 59.3 Å². The van der Waals surface area contributed by atoms with E-state index < -0.39 is 0 Å². The van der Waals surface area contributed by atoms with E-state index in [1.165, 1.54) is 23.1 Å². The van der Waals surface area contributed by atoms with Crippen LogP contribution in [0.15, 0.2) is 22.5 Å². The Labute approximate surface area is 159 Å². The van der Waals surface area contributed by atoms with Crippen LogP contribution in [0.25, 0.3) is 0 Å². The van der Waals surface area contributed by atoms with Gasteiger partial charge in [0.15, 0.2) is 4.34 Å². The average Bonchev–Trinajstić information content (AvgIpc) is 2.98. The van der Waals surface area contributed by atoms with Gasteiger partial charge in [-0.05, 0) is 31.0 Å². The van der Waals surface area contributed by atoms with Crippen molar-refractivity contribution in [2.75, 3.05) is 17.6 Å². The molecule has 5 nitrogen and oxygen atoms in total. The van der Waals surface area contributed by atoms with Crippen LogP contribution in [0.5, 0.6) is 0 Å². The molecule has 0 saturated heterocycles. The minimum atomic E-state index is -0.195. The van der Waals surface area contributed by atoms with Gasteiger partial charge in [0, 0.05) is 16.6 Å². The van der Waals surface area contributed by atoms with Gasteiger partial charge in [0.2, 0.25) is 11.0 Å². The normalized spacial score (nSPS) is 12.0. The van der Waals surface area contributed by atoms with E-state index in [9.17, 15) is 4.79 Å². The van der Waals surface area contributed by atoms with E-state index in [-0.39, 0.29) is 17.7 Å². The summed E-state index contributed by atoms with van der Waals surface area (Å²) >= 11 is 14.9. The largest absolute Gasteiger partial charge is 0.360 e. The molecule has 0 fully saturated rings. The molecule has 0 aliphatic rings. The zero-order valence-electron chi connectivity index (χ0n) is 13.3. The highest BCUT2D eigenvalue weighted by molar-refractivity contribution is 8.01. The monoisotopic (exact) mass is 404 g/mol. The average molecular weight is 405 g/mol. The summed E-state index contributed by atoms with van der Waals surface area (Å²) in [5.74, 6) is 0.189. The fraction of sp³-hybridized carbons (Fsp3) is 0.400. The lowest BCUT2D eigenvalue weighted by molar-refractivity contribution is -0.119. The second-order valence-electron chi connectivity index (χ2n) is 5.04. The second kappa shape index (κ2) is 9.46. The van der Waals surface area contributed by atoms with E-state index in [0.717, 1.165) is 28.0 Å². The Bertz CT molecular complexity index is 696. The van der Waals surface area contributed by atoms with Gasteiger partial charge in [0.05, 0.1) is 11.8 Å². The summed E-state index contributed by atoms with van der Waals surface area (Å²) in [5.41, 5.74) is 0.835. The van der Waals surface area contributed by atoms with E-state index in [4.69, 9.17) is 23.2 Å². The molecular formula is C15H18Cl2N4OS2. The molecule has 0 unspecified atom stereocenters. The summed E-state index contributed by atoms with van der Waals surface area (Å²) in [7, 11) is 0. The zero-order valence-corrected chi connectivity index (χ0v) is 16.5. The molecule has 1 atom stereocenters. The maximum Gasteiger partial charge on any atom is 0.230 e. The number of carbonyl (C=O) groups is 1. The van der Waals surface area contributed by atoms with Crippen molar-refractivity contribution in [3.05, 3.63) is 33.8 Å². The van der Waals surface area contributed by atoms with Gasteiger partial charge in [-0.3, -0.25) is 4.79 Å². The predicted octanol–water partition coefficient (Wildman–Crippen LogP) is 4.64. The molecule has 1 heterocycles. The van der Waals surface area contributed by atoms with Crippen LogP contribution in [0, 0.1) is 0 Å². The van der Waals surface area contributed by atoms with Gasteiger partial charge < -0.3 is 10.6 Å². The number of aromatic nitrogens is 2. The third-order valence-electron chi connectivity index (χ3n) is 3.07. The predicted molar refractivity (Wildman–Crippen MR) is 102 cm³/mol. The lowest BCUT2D eigenvalue weighted by Crippen LogP contribution is -2.28. The molecule has 1 aromatic heterocycles. The van der Waals surface area contributed by atoms with E-state index in [1.807, 2.05) is 13.0 Å². The number of nitrogens with one attached hydrogen (secondary N) is 2. The standard InChI is InChI=1S/C15H18Cl2N4OS2/c1-3-6-18-14-20-21-15(24-14)23-8-13(22)19-9(2)11-5-4-10(16)7-12(11)17/h4-5,7,9H,3,6,8H2,1-2H3,(H,18,20)(H,19,22)/t9-/m1/s1. The van der Waals surface area contributed by atoms with Gasteiger partial charge in [0.25, 0.3) is 0 Å². The molecule has 1 amide bonds. The first-order valence-electron chi connectivity index (χ1n) is 7.44. The van der Waals surface area contributed by atoms with Crippen molar-refractivity contribution >= 4 is 57.3 Å². The first kappa shape index (κ1) is 19.3. The number of nitrogens with zero attached hydrogens (tertiary/aromatic N) is 2. The van der Waals surface area contributed by atoms with Crippen molar-refractivity contribution in [3.63, 3.8) is 0 Å². The SMILES string of the molecule is CCCNc1nnc(SCC(=O)N[C@H](C)c2ccc(Cl)cc2Cl)s1. The molecule has 0 radical (unpaired) electrons. The first-order chi connectivity index (χ1) is 11.5. The summed E-state index contributed by atoms with van der Waals surface area (Å²) in [6.45, 7) is 4.83. The minimum Gasteiger partial charge on any atom is -0.360 e. The molecule has 2 rings (SSSR count). The van der Waals surface area contributed by atoms with E-state index in [0.29, 0.717) is 10.0 Å². The smallest absolute Gasteiger partial charge is 0.230 e. The molecule has 0 bridgehead atoms. The van der Waals surface area contributed by atoms with Crippen LogP contribution in [-0.4, -0.2) is 28.4 Å². The zero-order chi connectivity index (χ0) is 17.5. The molecule has 130 valence electrons. The molecule has 24 heavy (non-hydrogen) atoms. The van der Waals surface area contributed by atoms with Gasteiger partial charge in [-0.2, -0.15) is 0 Å². The summed E-state index contributed by atoms with van der Waals surface area (Å²) in [5, 5.41) is 16.1. The number of carbonyl (C=O) groups excluding carboxylic acids is 1. The Morgan fingerprint density at radius 2 is 2.17 bits per heavy atom. The molecule has 0 aliphatic heterocycles. The van der Waals surface area contributed by atoms with Gasteiger partial charge >= 0.3 is 0 Å². The second-order valence-corrected chi connectivity index (χ2v) is 8.09. The van der Waals surface area contributed by atoms with E-state index in [1.54, 1.807) is 12.1 Å². The molecule has 0 aliphatic carbocycles. The number of rotatable bonds is 8. The Morgan fingerprint density at radius 1 is 1.38 bits per heavy atom. The van der Waals surface area contributed by atoms with E-state index in [2.05, 4.69) is 27.8 Å². The van der Waals surface area contributed by atoms with Crippen molar-refractivity contribution in [1.82, 2.24) is 15.5 Å². The van der Waals surface area contributed by atoms with Gasteiger partial charge in [0.1, 0.15) is 0 Å². The Hall–Kier alpha value is -1.02. The maximum atomic E-state index is 12.1. The molecule has 2 aromatic rings. The number of halogens is 2. The van der Waals surface area contributed by atoms with Crippen LogP contribution in [-0.2, 0) is 4.79 Å². The third-order valence-corrected chi connectivity index (χ3v) is 5.64. The van der Waals surface area contributed by atoms with Crippen molar-refractivity contribution in [1.29, 1.82) is 0 Å². The Kier molecular flexibility index (Phi) is 7.61. The fourth-order valence-electron chi connectivity index (χ4n) is 1.91. The number of amides is 1. The molecule has 0 spiro atoms. The lowest BCUT2D eigenvalue weighted by atomic mass is 10.1. The van der Waals surface area contributed by atoms with Crippen molar-refractivity contribution in [2.45, 2.75) is 30.6 Å². The lowest BCUT2D eigenvalue weighted by Gasteiger charge is -2.15. The summed E-state index contributed by atoms with van der Waals surface area (Å²) in [4.78, 5) is 12.1. The van der Waals surface area contributed by atoms with Crippen molar-refractivity contribution in [2.24, 2.45) is 0 Å². The maximum absolute atomic E-state index is 12.1. The summed E-state index contributed by atoms with van der Waals surface area (Å²) < 4.78 is 0.765. The van der Waals surface area contributed by atoms with Gasteiger partial charge in [-0.25, -0.2) is 0 Å². The number of hydrogen-bond acceptors (Lipinski definition) is 6. The Morgan fingerprint density at radius 3 is 2.88 bits per heavy atom. The Balaban J connectivity index is 1.83. The van der Waals surface area contributed by atoms with Crippen LogP contribution in [0.4, 0.5) is 5.13 Å². The van der Waals surface area contributed by atoms with E-state index >= 15 is 0 Å². The topological polar surface area (TPSA) is 66.9 Å². The number of benzene rings is 1. The van der Waals surface area contributed by atoms with Crippen LogP contribution in [0.2, 0.25) is 10.0 Å². The third kappa shape index (κ3) is 5.81. The minimum absolute atomic E-state index is 0.0863. The molecule has 0 saturated carbocycles.